The van der Waals surface area contributed by atoms with Crippen molar-refractivity contribution in [2.75, 3.05) is 33.3 Å². The molecule has 1 aliphatic heterocycles. The van der Waals surface area contributed by atoms with Gasteiger partial charge in [-0.05, 0) is 25.8 Å². The molecule has 0 amide bonds. The van der Waals surface area contributed by atoms with Crippen molar-refractivity contribution >= 4 is 5.97 Å². The molecule has 1 fully saturated rings. The maximum Gasteiger partial charge on any atom is 0.320 e. The Morgan fingerprint density at radius 1 is 1.53 bits per heavy atom. The van der Waals surface area contributed by atoms with Crippen molar-refractivity contribution < 1.29 is 14.6 Å². The Labute approximate surface area is 103 Å². The van der Waals surface area contributed by atoms with Crippen LogP contribution < -0.4 is 5.32 Å². The minimum atomic E-state index is -0.751. The van der Waals surface area contributed by atoms with Gasteiger partial charge in [0.15, 0.2) is 0 Å². The number of hydrogen-bond acceptors (Lipinski definition) is 4. The van der Waals surface area contributed by atoms with Gasteiger partial charge in [-0.3, -0.25) is 4.79 Å². The highest BCUT2D eigenvalue weighted by molar-refractivity contribution is 5.73. The Morgan fingerprint density at radius 3 is 2.65 bits per heavy atom. The first kappa shape index (κ1) is 14.4. The van der Waals surface area contributed by atoms with Crippen LogP contribution >= 0.6 is 0 Å². The lowest BCUT2D eigenvalue weighted by Gasteiger charge is -2.31. The number of rotatable bonds is 7. The second kappa shape index (κ2) is 7.63. The van der Waals surface area contributed by atoms with E-state index in [-0.39, 0.29) is 0 Å². The van der Waals surface area contributed by atoms with Gasteiger partial charge in [-0.1, -0.05) is 6.92 Å². The van der Waals surface area contributed by atoms with Gasteiger partial charge in [-0.2, -0.15) is 0 Å². The maximum absolute atomic E-state index is 11.0. The summed E-state index contributed by atoms with van der Waals surface area (Å²) >= 11 is 0. The lowest BCUT2D eigenvalue weighted by Crippen LogP contribution is -2.42. The molecule has 0 aromatic rings. The largest absolute Gasteiger partial charge is 0.480 e. The number of nitrogens with one attached hydrogen (secondary N) is 1. The summed E-state index contributed by atoms with van der Waals surface area (Å²) in [5, 5.41) is 12.0. The molecule has 0 bridgehead atoms. The van der Waals surface area contributed by atoms with Crippen LogP contribution in [-0.4, -0.2) is 61.4 Å². The lowest BCUT2D eigenvalue weighted by atomic mass is 10.1. The van der Waals surface area contributed by atoms with Gasteiger partial charge in [0.1, 0.15) is 6.04 Å². The molecule has 1 heterocycles. The SMILES string of the molecule is CCNC(CCN1CCC(OC)CC1)C(=O)O. The van der Waals surface area contributed by atoms with E-state index in [1.165, 1.54) is 0 Å². The summed E-state index contributed by atoms with van der Waals surface area (Å²) in [5.41, 5.74) is 0. The van der Waals surface area contributed by atoms with E-state index in [0.29, 0.717) is 19.1 Å². The number of carboxylic acids is 1. The molecule has 0 aromatic carbocycles. The first-order valence-corrected chi connectivity index (χ1v) is 6.38. The Bertz CT molecular complexity index is 228. The second-order valence-electron chi connectivity index (χ2n) is 4.51. The van der Waals surface area contributed by atoms with E-state index in [2.05, 4.69) is 10.2 Å². The molecular weight excluding hydrogens is 220 g/mol. The molecule has 1 atom stereocenters. The van der Waals surface area contributed by atoms with Gasteiger partial charge in [0.05, 0.1) is 6.10 Å². The predicted octanol–water partition coefficient (Wildman–Crippen LogP) is 0.550. The van der Waals surface area contributed by atoms with Crippen LogP contribution in [0.4, 0.5) is 0 Å². The zero-order valence-electron chi connectivity index (χ0n) is 10.8. The summed E-state index contributed by atoms with van der Waals surface area (Å²) < 4.78 is 5.31. The van der Waals surface area contributed by atoms with Crippen molar-refractivity contribution in [1.82, 2.24) is 10.2 Å². The number of methoxy groups -OCH3 is 1. The lowest BCUT2D eigenvalue weighted by molar-refractivity contribution is -0.139. The van der Waals surface area contributed by atoms with Crippen LogP contribution in [0.2, 0.25) is 0 Å². The number of ether oxygens (including phenoxy) is 1. The summed E-state index contributed by atoms with van der Waals surface area (Å²) in [7, 11) is 1.76. The van der Waals surface area contributed by atoms with Gasteiger partial charge in [-0.25, -0.2) is 0 Å². The van der Waals surface area contributed by atoms with Gasteiger partial charge >= 0.3 is 5.97 Å². The normalized spacial score (nSPS) is 20.4. The van der Waals surface area contributed by atoms with E-state index in [1.54, 1.807) is 7.11 Å². The minimum absolute atomic E-state index is 0.385. The third-order valence-corrected chi connectivity index (χ3v) is 3.35. The molecule has 0 radical (unpaired) electrons. The van der Waals surface area contributed by atoms with Gasteiger partial charge in [0.2, 0.25) is 0 Å². The number of likely N-dealkylation sites (N-methyl/N-ethyl adjacent to an activating group) is 1. The number of carboxylic acid groups (broad SMARTS) is 1. The standard InChI is InChI=1S/C12H24N2O3/c1-3-13-11(12(15)16)6-9-14-7-4-10(17-2)5-8-14/h10-11,13H,3-9H2,1-2H3,(H,15,16). The highest BCUT2D eigenvalue weighted by atomic mass is 16.5. The van der Waals surface area contributed by atoms with E-state index >= 15 is 0 Å². The Morgan fingerprint density at radius 2 is 2.18 bits per heavy atom. The quantitative estimate of drug-likeness (QED) is 0.685. The number of piperidine rings is 1. The summed E-state index contributed by atoms with van der Waals surface area (Å²) in [6.45, 7) is 5.50. The average molecular weight is 244 g/mol. The molecule has 2 N–H and O–H groups in total. The fraction of sp³-hybridized carbons (Fsp3) is 0.917. The van der Waals surface area contributed by atoms with Gasteiger partial charge < -0.3 is 20.1 Å². The molecule has 0 aliphatic carbocycles. The first-order chi connectivity index (χ1) is 8.17. The van der Waals surface area contributed by atoms with Crippen molar-refractivity contribution in [3.05, 3.63) is 0 Å². The first-order valence-electron chi connectivity index (χ1n) is 6.38. The van der Waals surface area contributed by atoms with Crippen LogP contribution in [0.1, 0.15) is 26.2 Å². The van der Waals surface area contributed by atoms with Gasteiger partial charge in [0.25, 0.3) is 0 Å². The summed E-state index contributed by atoms with van der Waals surface area (Å²) in [4.78, 5) is 13.3. The van der Waals surface area contributed by atoms with Crippen molar-refractivity contribution in [2.24, 2.45) is 0 Å². The molecule has 17 heavy (non-hydrogen) atoms. The zero-order chi connectivity index (χ0) is 12.7. The van der Waals surface area contributed by atoms with Gasteiger partial charge in [-0.15, -0.1) is 0 Å². The third-order valence-electron chi connectivity index (χ3n) is 3.35. The minimum Gasteiger partial charge on any atom is -0.480 e. The van der Waals surface area contributed by atoms with E-state index in [9.17, 15) is 4.79 Å². The summed E-state index contributed by atoms with van der Waals surface area (Å²) in [6, 6.07) is -0.417. The van der Waals surface area contributed by atoms with E-state index < -0.39 is 12.0 Å². The van der Waals surface area contributed by atoms with Crippen LogP contribution in [0.5, 0.6) is 0 Å². The van der Waals surface area contributed by atoms with Crippen LogP contribution in [-0.2, 0) is 9.53 Å². The van der Waals surface area contributed by atoms with Crippen molar-refractivity contribution in [3.63, 3.8) is 0 Å². The molecule has 1 saturated heterocycles. The Hall–Kier alpha value is -0.650. The monoisotopic (exact) mass is 244 g/mol. The van der Waals surface area contributed by atoms with Crippen LogP contribution in [0.25, 0.3) is 0 Å². The number of carbonyl (C=O) groups is 1. The van der Waals surface area contributed by atoms with Crippen molar-refractivity contribution in [1.29, 1.82) is 0 Å². The molecule has 100 valence electrons. The van der Waals surface area contributed by atoms with E-state index in [1.807, 2.05) is 6.92 Å². The predicted molar refractivity (Wildman–Crippen MR) is 66.2 cm³/mol. The highest BCUT2D eigenvalue weighted by Gasteiger charge is 2.21. The number of nitrogens with zero attached hydrogens (tertiary/aromatic N) is 1. The smallest absolute Gasteiger partial charge is 0.320 e. The van der Waals surface area contributed by atoms with Crippen LogP contribution in [0, 0.1) is 0 Å². The van der Waals surface area contributed by atoms with E-state index in [4.69, 9.17) is 9.84 Å². The summed E-state index contributed by atoms with van der Waals surface area (Å²) in [5.74, 6) is -0.751. The second-order valence-corrected chi connectivity index (χ2v) is 4.51. The Balaban J connectivity index is 2.23. The number of hydrogen-bond donors (Lipinski definition) is 2. The molecule has 5 heteroatoms. The molecule has 0 aromatic heterocycles. The molecule has 0 spiro atoms. The third kappa shape index (κ3) is 5.02. The van der Waals surface area contributed by atoms with E-state index in [0.717, 1.165) is 32.5 Å². The van der Waals surface area contributed by atoms with Crippen molar-refractivity contribution in [2.45, 2.75) is 38.3 Å². The number of likely N-dealkylation sites (tertiary alicyclic amines) is 1. The topological polar surface area (TPSA) is 61.8 Å². The maximum atomic E-state index is 11.0. The molecule has 0 saturated carbocycles. The highest BCUT2D eigenvalue weighted by Crippen LogP contribution is 2.13. The average Bonchev–Trinajstić information content (AvgIpc) is 2.34. The fourth-order valence-corrected chi connectivity index (χ4v) is 2.24. The fourth-order valence-electron chi connectivity index (χ4n) is 2.24. The van der Waals surface area contributed by atoms with Crippen molar-refractivity contribution in [3.8, 4) is 0 Å². The molecule has 1 rings (SSSR count). The number of aliphatic carboxylic acids is 1. The van der Waals surface area contributed by atoms with Crippen LogP contribution in [0.3, 0.4) is 0 Å². The Kier molecular flexibility index (Phi) is 6.47. The molecule has 1 aliphatic rings. The molecule has 1 unspecified atom stereocenters. The zero-order valence-corrected chi connectivity index (χ0v) is 10.8. The molecular formula is C12H24N2O3. The van der Waals surface area contributed by atoms with Crippen LogP contribution in [0.15, 0.2) is 0 Å². The molecule has 5 nitrogen and oxygen atoms in total. The van der Waals surface area contributed by atoms with Gasteiger partial charge in [0, 0.05) is 26.7 Å². The summed E-state index contributed by atoms with van der Waals surface area (Å²) in [6.07, 6.45) is 3.15.